The minimum atomic E-state index is -0.690. The van der Waals surface area contributed by atoms with Crippen molar-refractivity contribution in [1.82, 2.24) is 9.88 Å². The lowest BCUT2D eigenvalue weighted by Gasteiger charge is -2.32. The maximum Gasteiger partial charge on any atom is 0.294 e. The fourth-order valence-electron chi connectivity index (χ4n) is 3.89. The highest BCUT2D eigenvalue weighted by Crippen LogP contribution is 2.27. The third-order valence-corrected chi connectivity index (χ3v) is 5.63. The Morgan fingerprint density at radius 2 is 1.90 bits per heavy atom. The number of carbonyl (C=O) groups excluding carboxylic acids is 3. The molecular formula is C22H23FN4O3. The standard InChI is InChI=1S/C22H23FN4O3/c1-11-7-16(8-11)26-22(30)20(28)19-12(2)18(13(3)27(19)4)21(29)25-15-5-6-17(23)14(9-15)10-24/h5-6,9,11,16H,7-8H2,1-4H3,(H,25,29)(H,26,30). The van der Waals surface area contributed by atoms with Crippen molar-refractivity contribution in [3.05, 3.63) is 52.1 Å². The van der Waals surface area contributed by atoms with Crippen LogP contribution in [0.25, 0.3) is 0 Å². The van der Waals surface area contributed by atoms with E-state index >= 15 is 0 Å². The first-order valence-electron chi connectivity index (χ1n) is 9.66. The van der Waals surface area contributed by atoms with Crippen LogP contribution in [0.2, 0.25) is 0 Å². The summed E-state index contributed by atoms with van der Waals surface area (Å²) in [5.74, 6) is -2.02. The van der Waals surface area contributed by atoms with Crippen molar-refractivity contribution >= 4 is 23.3 Å². The van der Waals surface area contributed by atoms with Gasteiger partial charge in [0, 0.05) is 24.5 Å². The van der Waals surface area contributed by atoms with Gasteiger partial charge >= 0.3 is 0 Å². The Morgan fingerprint density at radius 3 is 2.50 bits per heavy atom. The van der Waals surface area contributed by atoms with Gasteiger partial charge in [-0.25, -0.2) is 4.39 Å². The van der Waals surface area contributed by atoms with E-state index in [1.807, 2.05) is 0 Å². The lowest BCUT2D eigenvalue weighted by molar-refractivity contribution is -0.118. The van der Waals surface area contributed by atoms with Crippen LogP contribution in [0.3, 0.4) is 0 Å². The molecule has 1 fully saturated rings. The van der Waals surface area contributed by atoms with Crippen LogP contribution in [0.1, 0.15) is 57.4 Å². The minimum absolute atomic E-state index is 0.00805. The molecule has 1 heterocycles. The number of Topliss-reactive ketones (excluding diaryl/α,β-unsaturated/α-hetero) is 1. The van der Waals surface area contributed by atoms with E-state index in [0.29, 0.717) is 17.2 Å². The maximum atomic E-state index is 13.5. The molecule has 0 saturated heterocycles. The molecule has 30 heavy (non-hydrogen) atoms. The Morgan fingerprint density at radius 1 is 1.23 bits per heavy atom. The predicted octanol–water partition coefficient (Wildman–Crippen LogP) is 3.00. The average Bonchev–Trinajstić information content (AvgIpc) is 2.90. The first-order chi connectivity index (χ1) is 14.1. The summed E-state index contributed by atoms with van der Waals surface area (Å²) in [6.45, 7) is 5.37. The number of nitrogens with zero attached hydrogens (tertiary/aromatic N) is 2. The third kappa shape index (κ3) is 3.83. The van der Waals surface area contributed by atoms with Crippen molar-refractivity contribution in [3.63, 3.8) is 0 Å². The second-order valence-electron chi connectivity index (χ2n) is 7.83. The molecule has 0 bridgehead atoms. The number of nitriles is 1. The fourth-order valence-corrected chi connectivity index (χ4v) is 3.89. The molecule has 2 N–H and O–H groups in total. The highest BCUT2D eigenvalue weighted by atomic mass is 19.1. The molecular weight excluding hydrogens is 387 g/mol. The van der Waals surface area contributed by atoms with Crippen molar-refractivity contribution in [3.8, 4) is 6.07 Å². The summed E-state index contributed by atoms with van der Waals surface area (Å²) in [6, 6.07) is 5.41. The van der Waals surface area contributed by atoms with E-state index in [9.17, 15) is 18.8 Å². The van der Waals surface area contributed by atoms with Gasteiger partial charge in [-0.3, -0.25) is 14.4 Å². The molecule has 1 aliphatic rings. The smallest absolute Gasteiger partial charge is 0.294 e. The second-order valence-corrected chi connectivity index (χ2v) is 7.83. The Kier molecular flexibility index (Phi) is 5.74. The molecule has 1 aromatic heterocycles. The van der Waals surface area contributed by atoms with E-state index in [4.69, 9.17) is 5.26 Å². The van der Waals surface area contributed by atoms with Gasteiger partial charge in [0.2, 0.25) is 0 Å². The predicted molar refractivity (Wildman–Crippen MR) is 109 cm³/mol. The molecule has 8 heteroatoms. The molecule has 0 spiro atoms. The lowest BCUT2D eigenvalue weighted by Crippen LogP contribution is -2.46. The number of aromatic nitrogens is 1. The van der Waals surface area contributed by atoms with Gasteiger partial charge < -0.3 is 15.2 Å². The first kappa shape index (κ1) is 21.2. The SMILES string of the molecule is Cc1c(C(=O)Nc2ccc(F)c(C#N)c2)c(C)n(C)c1C(=O)C(=O)NC1CC(C)C1. The van der Waals surface area contributed by atoms with Crippen LogP contribution < -0.4 is 10.6 Å². The zero-order valence-electron chi connectivity index (χ0n) is 17.3. The molecule has 0 atom stereocenters. The van der Waals surface area contributed by atoms with E-state index in [1.165, 1.54) is 16.7 Å². The zero-order valence-corrected chi connectivity index (χ0v) is 17.3. The number of rotatable bonds is 5. The number of ketones is 1. The Balaban J connectivity index is 1.84. The Labute approximate surface area is 173 Å². The summed E-state index contributed by atoms with van der Waals surface area (Å²) in [5.41, 5.74) is 1.38. The molecule has 0 aliphatic heterocycles. The zero-order chi connectivity index (χ0) is 22.2. The van der Waals surface area contributed by atoms with Crippen molar-refractivity contribution in [2.75, 3.05) is 5.32 Å². The molecule has 156 valence electrons. The summed E-state index contributed by atoms with van der Waals surface area (Å²) < 4.78 is 15.0. The largest absolute Gasteiger partial charge is 0.346 e. The summed E-state index contributed by atoms with van der Waals surface area (Å²) >= 11 is 0. The van der Waals surface area contributed by atoms with Gasteiger partial charge in [0.25, 0.3) is 17.6 Å². The third-order valence-electron chi connectivity index (χ3n) is 5.63. The summed E-state index contributed by atoms with van der Waals surface area (Å²) in [4.78, 5) is 38.0. The number of amides is 2. The topological polar surface area (TPSA) is 104 Å². The van der Waals surface area contributed by atoms with Gasteiger partial charge in [-0.15, -0.1) is 0 Å². The summed E-state index contributed by atoms with van der Waals surface area (Å²) in [7, 11) is 1.62. The molecule has 1 aromatic carbocycles. The van der Waals surface area contributed by atoms with Crippen molar-refractivity contribution in [1.29, 1.82) is 5.26 Å². The number of halogens is 1. The molecule has 1 saturated carbocycles. The number of hydrogen-bond donors (Lipinski definition) is 2. The molecule has 0 unspecified atom stereocenters. The van der Waals surface area contributed by atoms with E-state index in [1.54, 1.807) is 27.0 Å². The van der Waals surface area contributed by atoms with Crippen LogP contribution in [0.4, 0.5) is 10.1 Å². The number of hydrogen-bond acceptors (Lipinski definition) is 4. The number of benzene rings is 1. The van der Waals surface area contributed by atoms with Crippen molar-refractivity contribution in [2.24, 2.45) is 13.0 Å². The molecule has 3 rings (SSSR count). The van der Waals surface area contributed by atoms with Crippen LogP contribution in [0.5, 0.6) is 0 Å². The van der Waals surface area contributed by atoms with Crippen LogP contribution in [0.15, 0.2) is 18.2 Å². The molecule has 0 radical (unpaired) electrons. The van der Waals surface area contributed by atoms with Gasteiger partial charge in [-0.2, -0.15) is 5.26 Å². The van der Waals surface area contributed by atoms with Gasteiger partial charge in [-0.05, 0) is 56.4 Å². The van der Waals surface area contributed by atoms with Crippen LogP contribution >= 0.6 is 0 Å². The normalized spacial score (nSPS) is 17.6. The van der Waals surface area contributed by atoms with Crippen LogP contribution in [0, 0.1) is 36.9 Å². The van der Waals surface area contributed by atoms with E-state index in [2.05, 4.69) is 17.6 Å². The van der Waals surface area contributed by atoms with Crippen molar-refractivity contribution < 1.29 is 18.8 Å². The molecule has 7 nitrogen and oxygen atoms in total. The number of nitrogens with one attached hydrogen (secondary N) is 2. The lowest BCUT2D eigenvalue weighted by atomic mass is 9.82. The highest BCUT2D eigenvalue weighted by molar-refractivity contribution is 6.43. The Hall–Kier alpha value is -3.47. The second kappa shape index (κ2) is 8.11. The molecule has 1 aliphatic carbocycles. The molecule has 2 amide bonds. The number of anilines is 1. The maximum absolute atomic E-state index is 13.5. The molecule has 2 aromatic rings. The summed E-state index contributed by atoms with van der Waals surface area (Å²) in [5, 5.41) is 14.3. The van der Waals surface area contributed by atoms with E-state index in [-0.39, 0.29) is 28.6 Å². The van der Waals surface area contributed by atoms with Gasteiger partial charge in [-0.1, -0.05) is 6.92 Å². The Bertz CT molecular complexity index is 1090. The average molecular weight is 410 g/mol. The minimum Gasteiger partial charge on any atom is -0.346 e. The summed E-state index contributed by atoms with van der Waals surface area (Å²) in [6.07, 6.45) is 1.69. The van der Waals surface area contributed by atoms with Crippen molar-refractivity contribution in [2.45, 2.75) is 39.7 Å². The monoisotopic (exact) mass is 410 g/mol. The van der Waals surface area contributed by atoms with Crippen LogP contribution in [-0.4, -0.2) is 28.2 Å². The van der Waals surface area contributed by atoms with Gasteiger partial charge in [0.15, 0.2) is 0 Å². The van der Waals surface area contributed by atoms with Gasteiger partial charge in [0.05, 0.1) is 16.8 Å². The first-order valence-corrected chi connectivity index (χ1v) is 9.66. The van der Waals surface area contributed by atoms with E-state index in [0.717, 1.165) is 18.9 Å². The quantitative estimate of drug-likeness (QED) is 0.584. The van der Waals surface area contributed by atoms with Gasteiger partial charge in [0.1, 0.15) is 11.9 Å². The fraction of sp³-hybridized carbons (Fsp3) is 0.364. The highest BCUT2D eigenvalue weighted by Gasteiger charge is 2.32. The van der Waals surface area contributed by atoms with E-state index < -0.39 is 23.4 Å². The van der Waals surface area contributed by atoms with Crippen LogP contribution in [-0.2, 0) is 11.8 Å². The number of carbonyl (C=O) groups is 3.